The minimum Gasteiger partial charge on any atom is -0.476 e. The normalized spacial score (nSPS) is 10.3. The van der Waals surface area contributed by atoms with E-state index in [1.54, 1.807) is 6.07 Å². The maximum Gasteiger partial charge on any atom is 0.356 e. The summed E-state index contributed by atoms with van der Waals surface area (Å²) in [7, 11) is 0. The first kappa shape index (κ1) is 12.4. The zero-order valence-electron chi connectivity index (χ0n) is 9.75. The highest BCUT2D eigenvalue weighted by atomic mass is 32.2. The third kappa shape index (κ3) is 2.81. The Morgan fingerprint density at radius 2 is 1.94 bits per heavy atom. The van der Waals surface area contributed by atoms with E-state index in [-0.39, 0.29) is 11.4 Å². The summed E-state index contributed by atoms with van der Waals surface area (Å²) in [5.41, 5.74) is 6.91. The number of benzene rings is 1. The minimum absolute atomic E-state index is 0.108. The number of aryl methyl sites for hydroxylation is 1. The maximum atomic E-state index is 10.8. The van der Waals surface area contributed by atoms with Crippen molar-refractivity contribution in [2.24, 2.45) is 0 Å². The minimum atomic E-state index is -1.11. The van der Waals surface area contributed by atoms with E-state index in [0.717, 1.165) is 9.79 Å². The fourth-order valence-electron chi connectivity index (χ4n) is 1.44. The Hall–Kier alpha value is -2.01. The topological polar surface area (TPSA) is 76.2 Å². The van der Waals surface area contributed by atoms with Crippen LogP contribution in [-0.2, 0) is 0 Å². The first-order valence-electron chi connectivity index (χ1n) is 5.29. The van der Waals surface area contributed by atoms with Crippen LogP contribution in [0.3, 0.4) is 0 Å². The summed E-state index contributed by atoms with van der Waals surface area (Å²) in [5.74, 6) is -1.11. The van der Waals surface area contributed by atoms with E-state index in [1.165, 1.54) is 23.5 Å². The van der Waals surface area contributed by atoms with Gasteiger partial charge in [-0.2, -0.15) is 0 Å². The van der Waals surface area contributed by atoms with E-state index in [1.807, 2.05) is 31.2 Å². The predicted molar refractivity (Wildman–Crippen MR) is 70.9 cm³/mol. The number of carbonyl (C=O) groups is 1. The third-order valence-corrected chi connectivity index (χ3v) is 3.32. The Labute approximate surface area is 109 Å². The number of carboxylic acids is 1. The molecule has 0 fully saturated rings. The van der Waals surface area contributed by atoms with E-state index >= 15 is 0 Å². The lowest BCUT2D eigenvalue weighted by Gasteiger charge is -2.04. The first-order chi connectivity index (χ1) is 8.56. The quantitative estimate of drug-likeness (QED) is 0.887. The van der Waals surface area contributed by atoms with Gasteiger partial charge in [0, 0.05) is 16.0 Å². The summed E-state index contributed by atoms with van der Waals surface area (Å²) >= 11 is 1.50. The van der Waals surface area contributed by atoms with Crippen molar-refractivity contribution in [2.75, 3.05) is 5.73 Å². The lowest BCUT2D eigenvalue weighted by Crippen LogP contribution is -2.05. The summed E-state index contributed by atoms with van der Waals surface area (Å²) in [4.78, 5) is 16.5. The Kier molecular flexibility index (Phi) is 3.53. The molecule has 3 N–H and O–H groups in total. The van der Waals surface area contributed by atoms with Gasteiger partial charge in [0.1, 0.15) is 0 Å². The molecule has 0 radical (unpaired) electrons. The van der Waals surface area contributed by atoms with Crippen molar-refractivity contribution in [1.82, 2.24) is 4.98 Å². The number of nitrogens with two attached hydrogens (primary N) is 1. The van der Waals surface area contributed by atoms with E-state index in [4.69, 9.17) is 10.8 Å². The van der Waals surface area contributed by atoms with Gasteiger partial charge in [0.2, 0.25) is 0 Å². The molecule has 5 heteroatoms. The van der Waals surface area contributed by atoms with Crippen LogP contribution in [0.2, 0.25) is 0 Å². The molecular formula is C13H12N2O2S. The molecule has 2 aromatic rings. The highest BCUT2D eigenvalue weighted by Gasteiger charge is 2.10. The number of pyridine rings is 1. The Morgan fingerprint density at radius 3 is 2.50 bits per heavy atom. The summed E-state index contributed by atoms with van der Waals surface area (Å²) in [6.07, 6.45) is 1.52. The van der Waals surface area contributed by atoms with Crippen molar-refractivity contribution < 1.29 is 9.90 Å². The van der Waals surface area contributed by atoms with Crippen LogP contribution >= 0.6 is 11.8 Å². The number of rotatable bonds is 3. The molecule has 2 rings (SSSR count). The van der Waals surface area contributed by atoms with Gasteiger partial charge in [-0.15, -0.1) is 0 Å². The van der Waals surface area contributed by atoms with Crippen LogP contribution in [-0.4, -0.2) is 16.1 Å². The van der Waals surface area contributed by atoms with Crippen LogP contribution in [0.25, 0.3) is 0 Å². The fourth-order valence-corrected chi connectivity index (χ4v) is 2.27. The second kappa shape index (κ2) is 5.10. The van der Waals surface area contributed by atoms with Gasteiger partial charge in [-0.3, -0.25) is 0 Å². The van der Waals surface area contributed by atoms with E-state index in [0.29, 0.717) is 0 Å². The lowest BCUT2D eigenvalue weighted by molar-refractivity contribution is 0.0691. The van der Waals surface area contributed by atoms with Crippen LogP contribution < -0.4 is 5.73 Å². The molecule has 0 aliphatic rings. The van der Waals surface area contributed by atoms with Gasteiger partial charge < -0.3 is 10.8 Å². The Morgan fingerprint density at radius 1 is 1.28 bits per heavy atom. The summed E-state index contributed by atoms with van der Waals surface area (Å²) in [5, 5.41) is 8.83. The zero-order valence-corrected chi connectivity index (χ0v) is 10.6. The SMILES string of the molecule is Cc1ccc(Sc2cnc(C(=O)O)c(N)c2)cc1. The number of aromatic nitrogens is 1. The van der Waals surface area contributed by atoms with Crippen molar-refractivity contribution in [3.8, 4) is 0 Å². The van der Waals surface area contributed by atoms with Crippen LogP contribution in [0.15, 0.2) is 46.3 Å². The second-order valence-electron chi connectivity index (χ2n) is 3.83. The smallest absolute Gasteiger partial charge is 0.356 e. The third-order valence-electron chi connectivity index (χ3n) is 2.35. The molecule has 1 aromatic carbocycles. The Balaban J connectivity index is 2.22. The molecule has 0 spiro atoms. The van der Waals surface area contributed by atoms with E-state index < -0.39 is 5.97 Å². The number of nitrogens with zero attached hydrogens (tertiary/aromatic N) is 1. The van der Waals surface area contributed by atoms with Crippen molar-refractivity contribution in [3.63, 3.8) is 0 Å². The molecule has 0 amide bonds. The van der Waals surface area contributed by atoms with Crippen LogP contribution in [0.4, 0.5) is 5.69 Å². The average Bonchev–Trinajstić information content (AvgIpc) is 2.32. The molecule has 0 aliphatic carbocycles. The van der Waals surface area contributed by atoms with Gasteiger partial charge in [0.05, 0.1) is 5.69 Å². The lowest BCUT2D eigenvalue weighted by atomic mass is 10.2. The van der Waals surface area contributed by atoms with E-state index in [2.05, 4.69) is 4.98 Å². The molecule has 1 aromatic heterocycles. The molecule has 4 nitrogen and oxygen atoms in total. The molecule has 92 valence electrons. The van der Waals surface area contributed by atoms with Gasteiger partial charge in [-0.05, 0) is 25.1 Å². The largest absolute Gasteiger partial charge is 0.476 e. The highest BCUT2D eigenvalue weighted by Crippen LogP contribution is 2.29. The number of hydrogen-bond donors (Lipinski definition) is 2. The highest BCUT2D eigenvalue weighted by molar-refractivity contribution is 7.99. The second-order valence-corrected chi connectivity index (χ2v) is 4.98. The number of hydrogen-bond acceptors (Lipinski definition) is 4. The first-order valence-corrected chi connectivity index (χ1v) is 6.11. The summed E-state index contributed by atoms with van der Waals surface area (Å²) < 4.78 is 0. The summed E-state index contributed by atoms with van der Waals surface area (Å²) in [6, 6.07) is 9.67. The average molecular weight is 260 g/mol. The number of carboxylic acid groups (broad SMARTS) is 1. The molecule has 0 bridgehead atoms. The van der Waals surface area contributed by atoms with Gasteiger partial charge in [-0.1, -0.05) is 29.5 Å². The molecule has 18 heavy (non-hydrogen) atoms. The fraction of sp³-hybridized carbons (Fsp3) is 0.0769. The number of aromatic carboxylic acids is 1. The molecule has 0 saturated heterocycles. The van der Waals surface area contributed by atoms with Crippen LogP contribution in [0, 0.1) is 6.92 Å². The molecule has 0 atom stereocenters. The maximum absolute atomic E-state index is 10.8. The molecule has 1 heterocycles. The Bertz CT molecular complexity index is 582. The van der Waals surface area contributed by atoms with Crippen molar-refractivity contribution in [1.29, 1.82) is 0 Å². The molecule has 0 saturated carbocycles. The van der Waals surface area contributed by atoms with Crippen LogP contribution in [0.1, 0.15) is 16.1 Å². The molecule has 0 aliphatic heterocycles. The van der Waals surface area contributed by atoms with Gasteiger partial charge in [-0.25, -0.2) is 9.78 Å². The van der Waals surface area contributed by atoms with Gasteiger partial charge in [0.15, 0.2) is 5.69 Å². The van der Waals surface area contributed by atoms with Crippen molar-refractivity contribution in [3.05, 3.63) is 47.8 Å². The van der Waals surface area contributed by atoms with Gasteiger partial charge in [0.25, 0.3) is 0 Å². The molecular weight excluding hydrogens is 248 g/mol. The van der Waals surface area contributed by atoms with E-state index in [9.17, 15) is 4.79 Å². The monoisotopic (exact) mass is 260 g/mol. The number of nitrogen functional groups attached to an aromatic ring is 1. The standard InChI is InChI=1S/C13H12N2O2S/c1-8-2-4-9(5-3-8)18-10-6-11(14)12(13(16)17)15-7-10/h2-7H,14H2,1H3,(H,16,17). The zero-order chi connectivity index (χ0) is 13.1. The van der Waals surface area contributed by atoms with Crippen molar-refractivity contribution in [2.45, 2.75) is 16.7 Å². The molecule has 0 unspecified atom stereocenters. The number of anilines is 1. The predicted octanol–water partition coefficient (Wildman–Crippen LogP) is 2.82. The summed E-state index contributed by atoms with van der Waals surface area (Å²) in [6.45, 7) is 2.02. The van der Waals surface area contributed by atoms with Crippen LogP contribution in [0.5, 0.6) is 0 Å². The van der Waals surface area contributed by atoms with Gasteiger partial charge >= 0.3 is 5.97 Å². The van der Waals surface area contributed by atoms with Crippen molar-refractivity contribution >= 4 is 23.4 Å².